The van der Waals surface area contributed by atoms with E-state index >= 15 is 0 Å². The number of hydrogen-bond acceptors (Lipinski definition) is 3. The summed E-state index contributed by atoms with van der Waals surface area (Å²) < 4.78 is 11.8. The lowest BCUT2D eigenvalue weighted by molar-refractivity contribution is 0.0698. The topological polar surface area (TPSA) is 95.5 Å². The first kappa shape index (κ1) is 17.6. The van der Waals surface area contributed by atoms with E-state index in [4.69, 9.17) is 5.11 Å². The standard InChI is InChI=1S/C13H17BrN2O4S/c1-8(21(2)20)5-6-15-13(19)16-11-7-9(14)3-4-10(11)12(17)18/h3-4,7-8H,5-6H2,1-2H3,(H,17,18)(H2,15,16,19). The third-order valence-electron chi connectivity index (χ3n) is 2.86. The van der Waals surface area contributed by atoms with Crippen molar-refractivity contribution in [1.82, 2.24) is 5.32 Å². The zero-order chi connectivity index (χ0) is 16.0. The number of carbonyl (C=O) groups is 2. The molecule has 3 N–H and O–H groups in total. The second kappa shape index (κ2) is 8.14. The minimum Gasteiger partial charge on any atom is -0.478 e. The monoisotopic (exact) mass is 376 g/mol. The maximum absolute atomic E-state index is 11.7. The summed E-state index contributed by atoms with van der Waals surface area (Å²) in [5.41, 5.74) is 0.220. The number of hydrogen-bond donors (Lipinski definition) is 3. The fourth-order valence-corrected chi connectivity index (χ4v) is 2.34. The molecule has 0 radical (unpaired) electrons. The number of urea groups is 1. The van der Waals surface area contributed by atoms with E-state index in [-0.39, 0.29) is 16.5 Å². The number of rotatable bonds is 6. The first-order chi connectivity index (χ1) is 9.81. The van der Waals surface area contributed by atoms with Crippen molar-refractivity contribution in [3.8, 4) is 0 Å². The molecule has 2 unspecified atom stereocenters. The number of aromatic carboxylic acids is 1. The molecule has 0 spiro atoms. The SMILES string of the molecule is CC(CCNC(=O)Nc1cc(Br)ccc1C(=O)O)S(C)=O. The Labute approximate surface area is 133 Å². The summed E-state index contributed by atoms with van der Waals surface area (Å²) in [4.78, 5) is 22.8. The summed E-state index contributed by atoms with van der Waals surface area (Å²) in [6.07, 6.45) is 2.20. The van der Waals surface area contributed by atoms with Gasteiger partial charge in [-0.2, -0.15) is 0 Å². The molecule has 2 atom stereocenters. The zero-order valence-electron chi connectivity index (χ0n) is 11.7. The van der Waals surface area contributed by atoms with Gasteiger partial charge in [-0.05, 0) is 24.6 Å². The van der Waals surface area contributed by atoms with Crippen LogP contribution in [0.25, 0.3) is 0 Å². The summed E-state index contributed by atoms with van der Waals surface area (Å²) in [5.74, 6) is -1.12. The molecule has 0 aromatic heterocycles. The lowest BCUT2D eigenvalue weighted by Gasteiger charge is -2.12. The van der Waals surface area contributed by atoms with E-state index in [0.717, 1.165) is 0 Å². The first-order valence-corrected chi connectivity index (χ1v) is 8.62. The summed E-state index contributed by atoms with van der Waals surface area (Å²) in [7, 11) is -0.932. The molecule has 1 aromatic rings. The molecule has 0 aliphatic rings. The Hall–Kier alpha value is -1.41. The Morgan fingerprint density at radius 2 is 2.10 bits per heavy atom. The molecule has 0 saturated heterocycles. The number of anilines is 1. The van der Waals surface area contributed by atoms with E-state index in [1.54, 1.807) is 12.3 Å². The van der Waals surface area contributed by atoms with Gasteiger partial charge in [0.25, 0.3) is 0 Å². The quantitative estimate of drug-likeness (QED) is 0.710. The Morgan fingerprint density at radius 1 is 1.43 bits per heavy atom. The van der Waals surface area contributed by atoms with Crippen LogP contribution in [-0.2, 0) is 10.8 Å². The van der Waals surface area contributed by atoms with Crippen molar-refractivity contribution in [2.24, 2.45) is 0 Å². The number of carboxylic acid groups (broad SMARTS) is 1. The number of carboxylic acids is 1. The van der Waals surface area contributed by atoms with Crippen molar-refractivity contribution in [3.05, 3.63) is 28.2 Å². The van der Waals surface area contributed by atoms with Gasteiger partial charge in [-0.15, -0.1) is 0 Å². The van der Waals surface area contributed by atoms with Gasteiger partial charge < -0.3 is 15.7 Å². The molecule has 0 aliphatic carbocycles. The molecule has 21 heavy (non-hydrogen) atoms. The molecule has 1 aromatic carbocycles. The summed E-state index contributed by atoms with van der Waals surface area (Å²) >= 11 is 3.22. The highest BCUT2D eigenvalue weighted by atomic mass is 79.9. The smallest absolute Gasteiger partial charge is 0.337 e. The summed E-state index contributed by atoms with van der Waals surface area (Å²) in [5, 5.41) is 14.2. The van der Waals surface area contributed by atoms with Gasteiger partial charge in [-0.3, -0.25) is 4.21 Å². The normalized spacial score (nSPS) is 13.3. The lowest BCUT2D eigenvalue weighted by atomic mass is 10.2. The molecule has 2 amide bonds. The number of halogens is 1. The number of carbonyl (C=O) groups excluding carboxylic acids is 1. The lowest BCUT2D eigenvalue weighted by Crippen LogP contribution is -2.32. The van der Waals surface area contributed by atoms with E-state index in [1.165, 1.54) is 12.1 Å². The summed E-state index contributed by atoms with van der Waals surface area (Å²) in [6, 6.07) is 4.02. The summed E-state index contributed by atoms with van der Waals surface area (Å²) in [6.45, 7) is 2.20. The average Bonchev–Trinajstić information content (AvgIpc) is 2.37. The maximum Gasteiger partial charge on any atom is 0.337 e. The molecule has 1 rings (SSSR count). The van der Waals surface area contributed by atoms with E-state index in [9.17, 15) is 13.8 Å². The molecule has 0 fully saturated rings. The van der Waals surface area contributed by atoms with Gasteiger partial charge in [-0.1, -0.05) is 22.9 Å². The van der Waals surface area contributed by atoms with Crippen LogP contribution in [0.4, 0.5) is 10.5 Å². The molecule has 6 nitrogen and oxygen atoms in total. The van der Waals surface area contributed by atoms with E-state index < -0.39 is 22.8 Å². The van der Waals surface area contributed by atoms with Gasteiger partial charge in [0.2, 0.25) is 0 Å². The van der Waals surface area contributed by atoms with E-state index in [0.29, 0.717) is 17.4 Å². The number of benzene rings is 1. The third-order valence-corrected chi connectivity index (χ3v) is 4.73. The third kappa shape index (κ3) is 5.84. The van der Waals surface area contributed by atoms with Crippen molar-refractivity contribution in [3.63, 3.8) is 0 Å². The highest BCUT2D eigenvalue weighted by molar-refractivity contribution is 9.10. The average molecular weight is 377 g/mol. The fourth-order valence-electron chi connectivity index (χ4n) is 1.53. The molecule has 0 aliphatic heterocycles. The van der Waals surface area contributed by atoms with Crippen LogP contribution in [-0.4, -0.2) is 39.4 Å². The predicted molar refractivity (Wildman–Crippen MR) is 86.3 cm³/mol. The molecular weight excluding hydrogens is 360 g/mol. The Bertz CT molecular complexity index is 565. The van der Waals surface area contributed by atoms with Gasteiger partial charge in [0, 0.05) is 33.3 Å². The minimum atomic E-state index is -1.12. The predicted octanol–water partition coefficient (Wildman–Crippen LogP) is 2.43. The van der Waals surface area contributed by atoms with Crippen molar-refractivity contribution in [2.45, 2.75) is 18.6 Å². The number of amides is 2. The van der Waals surface area contributed by atoms with Crippen LogP contribution < -0.4 is 10.6 Å². The van der Waals surface area contributed by atoms with E-state index in [1.807, 2.05) is 6.92 Å². The maximum atomic E-state index is 11.7. The molecule has 116 valence electrons. The Balaban J connectivity index is 2.61. The highest BCUT2D eigenvalue weighted by Crippen LogP contribution is 2.21. The van der Waals surface area contributed by atoms with Gasteiger partial charge in [0.15, 0.2) is 0 Å². The van der Waals surface area contributed by atoms with Gasteiger partial charge in [0.05, 0.1) is 11.3 Å². The van der Waals surface area contributed by atoms with Crippen LogP contribution in [0.3, 0.4) is 0 Å². The molecule has 0 bridgehead atoms. The van der Waals surface area contributed by atoms with Crippen LogP contribution in [0.1, 0.15) is 23.7 Å². The minimum absolute atomic E-state index is 0.00856. The largest absolute Gasteiger partial charge is 0.478 e. The van der Waals surface area contributed by atoms with Crippen LogP contribution in [0.5, 0.6) is 0 Å². The van der Waals surface area contributed by atoms with Gasteiger partial charge in [0.1, 0.15) is 0 Å². The van der Waals surface area contributed by atoms with Crippen molar-refractivity contribution in [2.75, 3.05) is 18.1 Å². The van der Waals surface area contributed by atoms with Crippen LogP contribution in [0.15, 0.2) is 22.7 Å². The molecule has 0 heterocycles. The van der Waals surface area contributed by atoms with Crippen LogP contribution in [0.2, 0.25) is 0 Å². The zero-order valence-corrected chi connectivity index (χ0v) is 14.1. The van der Waals surface area contributed by atoms with Crippen molar-refractivity contribution in [1.29, 1.82) is 0 Å². The van der Waals surface area contributed by atoms with Gasteiger partial charge in [-0.25, -0.2) is 9.59 Å². The highest BCUT2D eigenvalue weighted by Gasteiger charge is 2.13. The van der Waals surface area contributed by atoms with Crippen LogP contribution >= 0.6 is 15.9 Å². The van der Waals surface area contributed by atoms with E-state index in [2.05, 4.69) is 26.6 Å². The van der Waals surface area contributed by atoms with Crippen molar-refractivity contribution >= 4 is 44.4 Å². The van der Waals surface area contributed by atoms with Crippen LogP contribution in [0, 0.1) is 0 Å². The Morgan fingerprint density at radius 3 is 2.67 bits per heavy atom. The second-order valence-corrected chi connectivity index (χ2v) is 7.19. The van der Waals surface area contributed by atoms with Crippen molar-refractivity contribution < 1.29 is 18.9 Å². The number of nitrogens with one attached hydrogen (secondary N) is 2. The fraction of sp³-hybridized carbons (Fsp3) is 0.385. The first-order valence-electron chi connectivity index (χ1n) is 6.21. The molecular formula is C13H17BrN2O4S. The Kier molecular flexibility index (Phi) is 6.83. The van der Waals surface area contributed by atoms with Gasteiger partial charge >= 0.3 is 12.0 Å². The molecule has 8 heteroatoms. The molecule has 0 saturated carbocycles. The second-order valence-electron chi connectivity index (χ2n) is 4.47.